The van der Waals surface area contributed by atoms with Crippen LogP contribution in [0.4, 0.5) is 0 Å². The first kappa shape index (κ1) is 22.8. The number of rotatable bonds is 9. The summed E-state index contributed by atoms with van der Waals surface area (Å²) in [5.74, 6) is 3.06. The van der Waals surface area contributed by atoms with Gasteiger partial charge in [0.05, 0.1) is 13.7 Å². The van der Waals surface area contributed by atoms with Crippen LogP contribution in [0.5, 0.6) is 11.5 Å². The molecule has 1 rings (SSSR count). The minimum absolute atomic E-state index is 0. The molecule has 0 aromatic heterocycles. The van der Waals surface area contributed by atoms with Crippen molar-refractivity contribution in [1.29, 1.82) is 0 Å². The van der Waals surface area contributed by atoms with E-state index < -0.39 is 0 Å². The van der Waals surface area contributed by atoms with E-state index in [9.17, 15) is 0 Å². The smallest absolute Gasteiger partial charge is 0.190 e. The van der Waals surface area contributed by atoms with Gasteiger partial charge >= 0.3 is 0 Å². The Morgan fingerprint density at radius 1 is 1.21 bits per heavy atom. The van der Waals surface area contributed by atoms with Crippen molar-refractivity contribution >= 4 is 29.9 Å². The standard InChI is InChI=1S/C18H31N3O2.HI/c1-6-23-17-12-15(9-10-16(17)22-5)8-7-11-20-18(19-4)21-13-14(2)3;/h9-10,12,14H,6-8,11,13H2,1-5H3,(H2,19,20,21);1H. The molecule has 5 nitrogen and oxygen atoms in total. The Morgan fingerprint density at radius 3 is 2.54 bits per heavy atom. The molecule has 24 heavy (non-hydrogen) atoms. The van der Waals surface area contributed by atoms with Gasteiger partial charge in [0.1, 0.15) is 0 Å². The zero-order valence-electron chi connectivity index (χ0n) is 15.5. The van der Waals surface area contributed by atoms with E-state index in [1.165, 1.54) is 5.56 Å². The highest BCUT2D eigenvalue weighted by Gasteiger charge is 2.05. The second-order valence-electron chi connectivity index (χ2n) is 5.80. The lowest BCUT2D eigenvalue weighted by Gasteiger charge is -2.14. The number of halogens is 1. The molecule has 0 unspecified atom stereocenters. The lowest BCUT2D eigenvalue weighted by molar-refractivity contribution is 0.310. The van der Waals surface area contributed by atoms with Crippen molar-refractivity contribution in [1.82, 2.24) is 10.6 Å². The van der Waals surface area contributed by atoms with Gasteiger partial charge < -0.3 is 20.1 Å². The molecule has 0 bridgehead atoms. The lowest BCUT2D eigenvalue weighted by atomic mass is 10.1. The molecule has 138 valence electrons. The van der Waals surface area contributed by atoms with Gasteiger partial charge in [-0.1, -0.05) is 19.9 Å². The number of hydrogen-bond donors (Lipinski definition) is 2. The molecule has 1 aromatic carbocycles. The summed E-state index contributed by atoms with van der Waals surface area (Å²) in [7, 11) is 3.46. The Bertz CT molecular complexity index is 493. The number of aliphatic imine (C=N–C) groups is 1. The molecule has 6 heteroatoms. The zero-order valence-corrected chi connectivity index (χ0v) is 17.8. The number of ether oxygens (including phenoxy) is 2. The Morgan fingerprint density at radius 2 is 1.96 bits per heavy atom. The van der Waals surface area contributed by atoms with E-state index in [0.29, 0.717) is 12.5 Å². The van der Waals surface area contributed by atoms with E-state index >= 15 is 0 Å². The molecule has 0 aliphatic rings. The normalized spacial score (nSPS) is 11.0. The third-order valence-electron chi connectivity index (χ3n) is 3.36. The van der Waals surface area contributed by atoms with E-state index in [-0.39, 0.29) is 24.0 Å². The van der Waals surface area contributed by atoms with Gasteiger partial charge in [-0.05, 0) is 43.4 Å². The van der Waals surface area contributed by atoms with Crippen LogP contribution in [-0.4, -0.2) is 39.8 Å². The van der Waals surface area contributed by atoms with Gasteiger partial charge in [0.25, 0.3) is 0 Å². The summed E-state index contributed by atoms with van der Waals surface area (Å²) in [5.41, 5.74) is 1.25. The van der Waals surface area contributed by atoms with Crippen LogP contribution >= 0.6 is 24.0 Å². The van der Waals surface area contributed by atoms with Crippen LogP contribution in [0.3, 0.4) is 0 Å². The van der Waals surface area contributed by atoms with Crippen LogP contribution in [0, 0.1) is 5.92 Å². The third kappa shape index (κ3) is 8.61. The quantitative estimate of drug-likeness (QED) is 0.263. The topological polar surface area (TPSA) is 54.9 Å². The molecule has 0 radical (unpaired) electrons. The lowest BCUT2D eigenvalue weighted by Crippen LogP contribution is -2.39. The Hall–Kier alpha value is -1.18. The van der Waals surface area contributed by atoms with Crippen LogP contribution in [0.25, 0.3) is 0 Å². The van der Waals surface area contributed by atoms with Crippen molar-refractivity contribution in [2.75, 3.05) is 33.9 Å². The molecular weight excluding hydrogens is 417 g/mol. The molecule has 0 saturated carbocycles. The molecule has 2 N–H and O–H groups in total. The average molecular weight is 449 g/mol. The summed E-state index contributed by atoms with van der Waals surface area (Å²) in [5, 5.41) is 6.65. The van der Waals surface area contributed by atoms with Gasteiger partial charge in [0.15, 0.2) is 17.5 Å². The summed E-state index contributed by atoms with van der Waals surface area (Å²) >= 11 is 0. The first-order chi connectivity index (χ1) is 11.1. The van der Waals surface area contributed by atoms with E-state index in [4.69, 9.17) is 9.47 Å². The predicted molar refractivity (Wildman–Crippen MR) is 112 cm³/mol. The van der Waals surface area contributed by atoms with Crippen molar-refractivity contribution < 1.29 is 9.47 Å². The van der Waals surface area contributed by atoms with Crippen LogP contribution < -0.4 is 20.1 Å². The number of hydrogen-bond acceptors (Lipinski definition) is 3. The maximum atomic E-state index is 5.62. The second-order valence-corrected chi connectivity index (χ2v) is 5.80. The van der Waals surface area contributed by atoms with Crippen LogP contribution in [0.2, 0.25) is 0 Å². The molecular formula is C18H32IN3O2. The molecule has 0 atom stereocenters. The number of nitrogens with one attached hydrogen (secondary N) is 2. The summed E-state index contributed by atoms with van der Waals surface area (Å²) < 4.78 is 10.9. The largest absolute Gasteiger partial charge is 0.493 e. The maximum Gasteiger partial charge on any atom is 0.190 e. The van der Waals surface area contributed by atoms with Crippen molar-refractivity contribution in [3.05, 3.63) is 23.8 Å². The average Bonchev–Trinajstić information content (AvgIpc) is 2.54. The van der Waals surface area contributed by atoms with Gasteiger partial charge in [0, 0.05) is 20.1 Å². The molecule has 0 spiro atoms. The first-order valence-corrected chi connectivity index (χ1v) is 8.34. The zero-order chi connectivity index (χ0) is 17.1. The van der Waals surface area contributed by atoms with E-state index in [1.54, 1.807) is 14.2 Å². The monoisotopic (exact) mass is 449 g/mol. The molecule has 0 aliphatic carbocycles. The first-order valence-electron chi connectivity index (χ1n) is 8.34. The van der Waals surface area contributed by atoms with E-state index in [2.05, 4.69) is 41.6 Å². The van der Waals surface area contributed by atoms with E-state index in [0.717, 1.165) is 43.4 Å². The van der Waals surface area contributed by atoms with Crippen molar-refractivity contribution in [2.24, 2.45) is 10.9 Å². The van der Waals surface area contributed by atoms with Crippen LogP contribution in [0.15, 0.2) is 23.2 Å². The number of benzene rings is 1. The van der Waals surface area contributed by atoms with Gasteiger partial charge in [-0.3, -0.25) is 4.99 Å². The number of guanidine groups is 1. The minimum atomic E-state index is 0. The highest BCUT2D eigenvalue weighted by Crippen LogP contribution is 2.28. The van der Waals surface area contributed by atoms with Gasteiger partial charge in [0.2, 0.25) is 0 Å². The molecule has 0 fully saturated rings. The molecule has 0 saturated heterocycles. The fraction of sp³-hybridized carbons (Fsp3) is 0.611. The number of aryl methyl sites for hydroxylation is 1. The van der Waals surface area contributed by atoms with Gasteiger partial charge in [-0.25, -0.2) is 0 Å². The highest BCUT2D eigenvalue weighted by molar-refractivity contribution is 14.0. The second kappa shape index (κ2) is 13.1. The Kier molecular flexibility index (Phi) is 12.5. The van der Waals surface area contributed by atoms with E-state index in [1.807, 2.05) is 13.0 Å². The summed E-state index contributed by atoms with van der Waals surface area (Å²) in [4.78, 5) is 4.22. The van der Waals surface area contributed by atoms with Crippen molar-refractivity contribution in [3.8, 4) is 11.5 Å². The summed E-state index contributed by atoms with van der Waals surface area (Å²) in [6.45, 7) is 8.79. The predicted octanol–water partition coefficient (Wildman–Crippen LogP) is 3.47. The summed E-state index contributed by atoms with van der Waals surface area (Å²) in [6, 6.07) is 6.12. The fourth-order valence-corrected chi connectivity index (χ4v) is 2.17. The molecule has 0 heterocycles. The Balaban J connectivity index is 0.00000529. The Labute approximate surface area is 163 Å². The van der Waals surface area contributed by atoms with Crippen LogP contribution in [0.1, 0.15) is 32.8 Å². The van der Waals surface area contributed by atoms with Gasteiger partial charge in [-0.2, -0.15) is 0 Å². The van der Waals surface area contributed by atoms with Crippen LogP contribution in [-0.2, 0) is 6.42 Å². The number of nitrogens with zero attached hydrogens (tertiary/aromatic N) is 1. The minimum Gasteiger partial charge on any atom is -0.493 e. The molecule has 0 aliphatic heterocycles. The SMILES string of the molecule is CCOc1cc(CCCNC(=NC)NCC(C)C)ccc1OC.I. The van der Waals surface area contributed by atoms with Crippen molar-refractivity contribution in [2.45, 2.75) is 33.6 Å². The third-order valence-corrected chi connectivity index (χ3v) is 3.36. The maximum absolute atomic E-state index is 5.62. The van der Waals surface area contributed by atoms with Gasteiger partial charge in [-0.15, -0.1) is 24.0 Å². The van der Waals surface area contributed by atoms with Crippen molar-refractivity contribution in [3.63, 3.8) is 0 Å². The number of methoxy groups -OCH3 is 1. The summed E-state index contributed by atoms with van der Waals surface area (Å²) in [6.07, 6.45) is 2.01. The molecule has 1 aromatic rings. The highest BCUT2D eigenvalue weighted by atomic mass is 127. The fourth-order valence-electron chi connectivity index (χ4n) is 2.17. The molecule has 0 amide bonds.